The minimum absolute atomic E-state index is 0.0687. The molecule has 9 heteroatoms. The smallest absolute Gasteiger partial charge is 0.342 e. The lowest BCUT2D eigenvalue weighted by molar-refractivity contribution is 0.0521. The van der Waals surface area contributed by atoms with E-state index < -0.39 is 16.0 Å². The molecule has 1 aromatic heterocycles. The third-order valence-corrected chi connectivity index (χ3v) is 5.69. The van der Waals surface area contributed by atoms with Gasteiger partial charge >= 0.3 is 5.97 Å². The number of aromatic amines is 1. The molecular weight excluding hydrogens is 314 g/mol. The van der Waals surface area contributed by atoms with E-state index in [1.165, 1.54) is 17.5 Å². The van der Waals surface area contributed by atoms with Crippen molar-refractivity contribution in [2.45, 2.75) is 31.3 Å². The number of rotatable bonds is 8. The number of nitrogens with one attached hydrogen (secondary N) is 1. The lowest BCUT2D eigenvalue weighted by Gasteiger charge is -2.23. The predicted molar refractivity (Wildman–Crippen MR) is 82.0 cm³/mol. The molecule has 0 bridgehead atoms. The van der Waals surface area contributed by atoms with Crippen LogP contribution in [-0.4, -0.2) is 60.6 Å². The van der Waals surface area contributed by atoms with Gasteiger partial charge in [-0.05, 0) is 32.3 Å². The Kier molecular flexibility index (Phi) is 6.69. The number of nitrogens with zero attached hydrogens (tertiary/aromatic N) is 2. The largest absolute Gasteiger partial charge is 0.462 e. The summed E-state index contributed by atoms with van der Waals surface area (Å²) >= 11 is 1.65. The van der Waals surface area contributed by atoms with Crippen LogP contribution in [0.5, 0.6) is 0 Å². The maximum atomic E-state index is 12.6. The lowest BCUT2D eigenvalue weighted by Crippen LogP contribution is -2.36. The summed E-state index contributed by atoms with van der Waals surface area (Å²) in [6.07, 6.45) is 3.86. The highest BCUT2D eigenvalue weighted by Crippen LogP contribution is 2.20. The summed E-state index contributed by atoms with van der Waals surface area (Å²) in [4.78, 5) is 11.8. The van der Waals surface area contributed by atoms with E-state index in [0.29, 0.717) is 0 Å². The van der Waals surface area contributed by atoms with Crippen LogP contribution in [0, 0.1) is 0 Å². The summed E-state index contributed by atoms with van der Waals surface area (Å²) in [5.41, 5.74) is -0.0687. The molecule has 1 unspecified atom stereocenters. The number of aromatic nitrogens is 2. The third-order valence-electron chi connectivity index (χ3n) is 3.10. The van der Waals surface area contributed by atoms with Gasteiger partial charge in [-0.15, -0.1) is 0 Å². The number of thioether (sulfide) groups is 1. The van der Waals surface area contributed by atoms with Crippen LogP contribution in [0.15, 0.2) is 11.2 Å². The second-order valence-corrected chi connectivity index (χ2v) is 7.40. The molecule has 1 N–H and O–H groups in total. The summed E-state index contributed by atoms with van der Waals surface area (Å²) < 4.78 is 31.2. The van der Waals surface area contributed by atoms with Gasteiger partial charge in [0.2, 0.25) is 0 Å². The molecular formula is C12H21N3O4S2. The fraction of sp³-hybridized carbons (Fsp3) is 0.667. The quantitative estimate of drug-likeness (QED) is 0.721. The minimum Gasteiger partial charge on any atom is -0.462 e. The first kappa shape index (κ1) is 18.0. The Morgan fingerprint density at radius 1 is 1.57 bits per heavy atom. The molecule has 0 aliphatic carbocycles. The number of hydrogen-bond acceptors (Lipinski definition) is 6. The molecule has 0 aliphatic rings. The zero-order chi connectivity index (χ0) is 16.0. The number of hydrogen-bond donors (Lipinski definition) is 1. The van der Waals surface area contributed by atoms with Crippen LogP contribution in [-0.2, 0) is 14.8 Å². The van der Waals surface area contributed by atoms with E-state index in [1.807, 2.05) is 13.2 Å². The first-order chi connectivity index (χ1) is 9.86. The fourth-order valence-corrected chi connectivity index (χ4v) is 3.70. The monoisotopic (exact) mass is 335 g/mol. The number of esters is 1. The number of H-pyrrole nitrogens is 1. The highest BCUT2D eigenvalue weighted by Gasteiger charge is 2.31. The van der Waals surface area contributed by atoms with Crippen molar-refractivity contribution in [3.8, 4) is 0 Å². The van der Waals surface area contributed by atoms with Gasteiger partial charge in [-0.2, -0.15) is 21.2 Å². The van der Waals surface area contributed by atoms with Crippen molar-refractivity contribution in [2.75, 3.05) is 25.7 Å². The second kappa shape index (κ2) is 7.81. The maximum Gasteiger partial charge on any atom is 0.342 e. The van der Waals surface area contributed by atoms with Crippen molar-refractivity contribution in [3.05, 3.63) is 11.8 Å². The fourth-order valence-electron chi connectivity index (χ4n) is 1.68. The Labute approximate surface area is 129 Å². The number of carbonyl (C=O) groups excluding carboxylic acids is 1. The van der Waals surface area contributed by atoms with Gasteiger partial charge in [-0.25, -0.2) is 13.2 Å². The topological polar surface area (TPSA) is 92.4 Å². The van der Waals surface area contributed by atoms with Gasteiger partial charge in [-0.1, -0.05) is 0 Å². The van der Waals surface area contributed by atoms with Crippen LogP contribution in [0.2, 0.25) is 0 Å². The second-order valence-electron chi connectivity index (χ2n) is 4.49. The van der Waals surface area contributed by atoms with Crippen molar-refractivity contribution in [3.63, 3.8) is 0 Å². The number of ether oxygens (including phenoxy) is 1. The van der Waals surface area contributed by atoms with Gasteiger partial charge in [0.25, 0.3) is 10.0 Å². The molecule has 0 saturated carbocycles. The van der Waals surface area contributed by atoms with Gasteiger partial charge in [0.15, 0.2) is 5.03 Å². The Morgan fingerprint density at radius 2 is 2.24 bits per heavy atom. The van der Waals surface area contributed by atoms with Crippen molar-refractivity contribution >= 4 is 27.8 Å². The normalized spacial score (nSPS) is 13.4. The van der Waals surface area contributed by atoms with Gasteiger partial charge in [0.1, 0.15) is 5.56 Å². The van der Waals surface area contributed by atoms with Crippen LogP contribution in [0.1, 0.15) is 30.6 Å². The third kappa shape index (κ3) is 4.21. The van der Waals surface area contributed by atoms with Crippen LogP contribution in [0.4, 0.5) is 0 Å². The Hall–Kier alpha value is -1.06. The standard InChI is InChI=1S/C12H21N3O4S2/c1-5-19-12(16)10-8-13-14-11(10)21(17,18)15(3)9(2)6-7-20-4/h8-9H,5-7H2,1-4H3,(H,13,14). The van der Waals surface area contributed by atoms with Crippen LogP contribution >= 0.6 is 11.8 Å². The molecule has 0 aromatic carbocycles. The average molecular weight is 335 g/mol. The average Bonchev–Trinajstić information content (AvgIpc) is 2.94. The molecule has 21 heavy (non-hydrogen) atoms. The molecule has 0 amide bonds. The number of carbonyl (C=O) groups is 1. The SMILES string of the molecule is CCOC(=O)c1cn[nH]c1S(=O)(=O)N(C)C(C)CCSC. The van der Waals surface area contributed by atoms with E-state index >= 15 is 0 Å². The molecule has 1 rings (SSSR count). The van der Waals surface area contributed by atoms with Crippen molar-refractivity contribution in [2.24, 2.45) is 0 Å². The molecule has 0 radical (unpaired) electrons. The Bertz CT molecular complexity index is 571. The Morgan fingerprint density at radius 3 is 2.81 bits per heavy atom. The highest BCUT2D eigenvalue weighted by molar-refractivity contribution is 7.98. The van der Waals surface area contributed by atoms with Crippen molar-refractivity contribution < 1.29 is 17.9 Å². The highest BCUT2D eigenvalue weighted by atomic mass is 32.2. The zero-order valence-electron chi connectivity index (χ0n) is 12.6. The van der Waals surface area contributed by atoms with E-state index in [0.717, 1.165) is 12.2 Å². The van der Waals surface area contributed by atoms with Gasteiger partial charge in [0.05, 0.1) is 12.8 Å². The van der Waals surface area contributed by atoms with Crippen LogP contribution < -0.4 is 0 Å². The number of sulfonamides is 1. The summed E-state index contributed by atoms with van der Waals surface area (Å²) in [6.45, 7) is 3.65. The van der Waals surface area contributed by atoms with E-state index in [9.17, 15) is 13.2 Å². The minimum atomic E-state index is -3.81. The molecule has 1 heterocycles. The van der Waals surface area contributed by atoms with E-state index in [4.69, 9.17) is 4.74 Å². The zero-order valence-corrected chi connectivity index (χ0v) is 14.3. The maximum absolute atomic E-state index is 12.6. The van der Waals surface area contributed by atoms with Gasteiger partial charge < -0.3 is 4.74 Å². The Balaban J connectivity index is 3.03. The van der Waals surface area contributed by atoms with E-state index in [2.05, 4.69) is 10.2 Å². The summed E-state index contributed by atoms with van der Waals surface area (Å²) in [6, 6.07) is -0.180. The molecule has 0 aliphatic heterocycles. The first-order valence-corrected chi connectivity index (χ1v) is 9.37. The predicted octanol–water partition coefficient (Wildman–Crippen LogP) is 1.35. The molecule has 1 atom stereocenters. The summed E-state index contributed by atoms with van der Waals surface area (Å²) in [7, 11) is -2.32. The lowest BCUT2D eigenvalue weighted by atomic mass is 10.3. The molecule has 1 aromatic rings. The molecule has 0 fully saturated rings. The summed E-state index contributed by atoms with van der Waals surface area (Å²) in [5, 5.41) is 5.83. The van der Waals surface area contributed by atoms with Crippen molar-refractivity contribution in [1.82, 2.24) is 14.5 Å². The molecule has 120 valence electrons. The van der Waals surface area contributed by atoms with E-state index in [1.54, 1.807) is 18.7 Å². The molecule has 7 nitrogen and oxygen atoms in total. The first-order valence-electron chi connectivity index (χ1n) is 6.53. The van der Waals surface area contributed by atoms with Gasteiger partial charge in [-0.3, -0.25) is 5.10 Å². The van der Waals surface area contributed by atoms with Crippen LogP contribution in [0.25, 0.3) is 0 Å². The van der Waals surface area contributed by atoms with Crippen LogP contribution in [0.3, 0.4) is 0 Å². The summed E-state index contributed by atoms with van der Waals surface area (Å²) in [5.74, 6) is 0.157. The molecule has 0 spiro atoms. The van der Waals surface area contributed by atoms with Gasteiger partial charge in [0, 0.05) is 13.1 Å². The van der Waals surface area contributed by atoms with E-state index in [-0.39, 0.29) is 23.2 Å². The molecule has 0 saturated heterocycles. The van der Waals surface area contributed by atoms with Crippen molar-refractivity contribution in [1.29, 1.82) is 0 Å².